The van der Waals surface area contributed by atoms with Gasteiger partial charge in [-0.1, -0.05) is 0 Å². The van der Waals surface area contributed by atoms with Gasteiger partial charge in [-0.25, -0.2) is 17.8 Å². The first kappa shape index (κ1) is 20.3. The molecule has 1 aromatic heterocycles. The maximum absolute atomic E-state index is 13.1. The molecule has 0 bridgehead atoms. The van der Waals surface area contributed by atoms with Gasteiger partial charge in [0.25, 0.3) is 5.91 Å². The van der Waals surface area contributed by atoms with Crippen molar-refractivity contribution in [3.63, 3.8) is 0 Å². The SMILES string of the molecule is O=C(COC(=O)[C@@H]1C[C@@H](O)CN1S(=O)(=O)c1ccc(F)cc1)Nc1nccs1. The molecule has 1 aliphatic rings. The number of aromatic nitrogens is 1. The molecule has 2 aromatic rings. The highest BCUT2D eigenvalue weighted by Crippen LogP contribution is 2.27. The molecule has 9 nitrogen and oxygen atoms in total. The number of sulfonamides is 1. The van der Waals surface area contributed by atoms with Crippen LogP contribution in [0.5, 0.6) is 0 Å². The Kier molecular flexibility index (Phi) is 6.03. The quantitative estimate of drug-likeness (QED) is 0.644. The molecule has 0 spiro atoms. The van der Waals surface area contributed by atoms with Crippen LogP contribution >= 0.6 is 11.3 Å². The molecule has 1 aliphatic heterocycles. The summed E-state index contributed by atoms with van der Waals surface area (Å²) >= 11 is 1.18. The summed E-state index contributed by atoms with van der Waals surface area (Å²) in [5, 5.41) is 14.3. The first-order valence-corrected chi connectivity index (χ1v) is 10.4. The van der Waals surface area contributed by atoms with Crippen LogP contribution in [0.4, 0.5) is 9.52 Å². The van der Waals surface area contributed by atoms with E-state index < -0.39 is 46.5 Å². The smallest absolute Gasteiger partial charge is 0.325 e. The van der Waals surface area contributed by atoms with Crippen molar-refractivity contribution >= 4 is 38.4 Å². The molecule has 1 saturated heterocycles. The Labute approximate surface area is 163 Å². The van der Waals surface area contributed by atoms with E-state index in [4.69, 9.17) is 4.74 Å². The van der Waals surface area contributed by atoms with Crippen LogP contribution in [0.25, 0.3) is 0 Å². The summed E-state index contributed by atoms with van der Waals surface area (Å²) in [6.07, 6.45) is 0.245. The third-order valence-electron chi connectivity index (χ3n) is 3.95. The molecule has 28 heavy (non-hydrogen) atoms. The maximum Gasteiger partial charge on any atom is 0.325 e. The van der Waals surface area contributed by atoms with Gasteiger partial charge in [-0.05, 0) is 24.3 Å². The van der Waals surface area contributed by atoms with Crippen molar-refractivity contribution in [2.45, 2.75) is 23.5 Å². The Balaban J connectivity index is 1.68. The van der Waals surface area contributed by atoms with Crippen molar-refractivity contribution in [3.05, 3.63) is 41.7 Å². The van der Waals surface area contributed by atoms with Gasteiger partial charge >= 0.3 is 5.97 Å². The Morgan fingerprint density at radius 1 is 1.36 bits per heavy atom. The van der Waals surface area contributed by atoms with E-state index in [-0.39, 0.29) is 17.9 Å². The van der Waals surface area contributed by atoms with Crippen LogP contribution in [-0.4, -0.2) is 60.0 Å². The lowest BCUT2D eigenvalue weighted by atomic mass is 10.2. The fourth-order valence-corrected chi connectivity index (χ4v) is 4.85. The van der Waals surface area contributed by atoms with Crippen molar-refractivity contribution in [3.8, 4) is 0 Å². The number of hydrogen-bond acceptors (Lipinski definition) is 8. The largest absolute Gasteiger partial charge is 0.454 e. The summed E-state index contributed by atoms with van der Waals surface area (Å²) in [5.41, 5.74) is 0. The highest BCUT2D eigenvalue weighted by molar-refractivity contribution is 7.89. The Morgan fingerprint density at radius 2 is 2.07 bits per heavy atom. The number of nitrogens with zero attached hydrogens (tertiary/aromatic N) is 2. The number of benzene rings is 1. The highest BCUT2D eigenvalue weighted by Gasteiger charge is 2.44. The molecular weight excluding hydrogens is 413 g/mol. The average molecular weight is 429 g/mol. The number of amides is 1. The van der Waals surface area contributed by atoms with Crippen molar-refractivity contribution in [1.82, 2.24) is 9.29 Å². The number of halogens is 1. The number of aliphatic hydroxyl groups is 1. The number of esters is 1. The standard InChI is InChI=1S/C16H16FN3O6S2/c17-10-1-3-12(4-2-10)28(24,25)20-8-11(21)7-13(20)15(23)26-9-14(22)19-16-18-5-6-27-16/h1-6,11,13,21H,7-9H2,(H,18,19,22)/t11-,13+/m1/s1. The molecule has 150 valence electrons. The second kappa shape index (κ2) is 8.31. The van der Waals surface area contributed by atoms with Crippen molar-refractivity contribution in [2.75, 3.05) is 18.5 Å². The zero-order valence-electron chi connectivity index (χ0n) is 14.3. The molecule has 1 amide bonds. The first-order valence-electron chi connectivity index (χ1n) is 8.09. The number of ether oxygens (including phenoxy) is 1. The molecular formula is C16H16FN3O6S2. The number of anilines is 1. The van der Waals surface area contributed by atoms with E-state index in [0.29, 0.717) is 5.13 Å². The van der Waals surface area contributed by atoms with Crippen LogP contribution in [0.2, 0.25) is 0 Å². The molecule has 2 N–H and O–H groups in total. The van der Waals surface area contributed by atoms with Crippen LogP contribution in [0, 0.1) is 5.82 Å². The fraction of sp³-hybridized carbons (Fsp3) is 0.312. The molecule has 0 aliphatic carbocycles. The van der Waals surface area contributed by atoms with E-state index in [1.165, 1.54) is 17.5 Å². The fourth-order valence-electron chi connectivity index (χ4n) is 2.68. The van der Waals surface area contributed by atoms with Crippen molar-refractivity contribution < 1.29 is 32.2 Å². The summed E-state index contributed by atoms with van der Waals surface area (Å²) in [4.78, 5) is 27.8. The van der Waals surface area contributed by atoms with Gasteiger partial charge in [0.05, 0.1) is 11.0 Å². The number of aliphatic hydroxyl groups excluding tert-OH is 1. The predicted molar refractivity (Wildman–Crippen MR) is 96.4 cm³/mol. The lowest BCUT2D eigenvalue weighted by molar-refractivity contribution is -0.150. The van der Waals surface area contributed by atoms with Gasteiger partial charge in [0, 0.05) is 24.5 Å². The summed E-state index contributed by atoms with van der Waals surface area (Å²) < 4.78 is 44.3. The second-order valence-electron chi connectivity index (χ2n) is 5.93. The minimum atomic E-state index is -4.17. The molecule has 0 unspecified atom stereocenters. The number of rotatable bonds is 6. The monoisotopic (exact) mass is 429 g/mol. The number of hydrogen-bond donors (Lipinski definition) is 2. The molecule has 12 heteroatoms. The minimum absolute atomic E-state index is 0.173. The van der Waals surface area contributed by atoms with Gasteiger partial charge in [0.1, 0.15) is 11.9 Å². The third-order valence-corrected chi connectivity index (χ3v) is 6.53. The zero-order chi connectivity index (χ0) is 20.3. The molecule has 0 radical (unpaired) electrons. The van der Waals surface area contributed by atoms with Crippen molar-refractivity contribution in [2.24, 2.45) is 0 Å². The average Bonchev–Trinajstić information content (AvgIpc) is 3.30. The Hall–Kier alpha value is -2.41. The molecule has 2 heterocycles. The van der Waals surface area contributed by atoms with E-state index in [9.17, 15) is 27.5 Å². The molecule has 3 rings (SSSR count). The molecule has 0 saturated carbocycles. The lowest BCUT2D eigenvalue weighted by Gasteiger charge is -2.22. The van der Waals surface area contributed by atoms with Gasteiger partial charge in [-0.3, -0.25) is 14.9 Å². The minimum Gasteiger partial charge on any atom is -0.454 e. The van der Waals surface area contributed by atoms with Crippen LogP contribution in [-0.2, 0) is 24.3 Å². The summed E-state index contributed by atoms with van der Waals surface area (Å²) in [5.74, 6) is -2.20. The number of carbonyl (C=O) groups is 2. The lowest BCUT2D eigenvalue weighted by Crippen LogP contribution is -2.42. The number of nitrogens with one attached hydrogen (secondary N) is 1. The Morgan fingerprint density at radius 3 is 2.71 bits per heavy atom. The van der Waals surface area contributed by atoms with Gasteiger partial charge in [-0.15, -0.1) is 11.3 Å². The Bertz CT molecular complexity index is 949. The highest BCUT2D eigenvalue weighted by atomic mass is 32.2. The normalized spacial score (nSPS) is 20.1. The van der Waals surface area contributed by atoms with E-state index in [2.05, 4.69) is 10.3 Å². The summed E-state index contributed by atoms with van der Waals surface area (Å²) in [6, 6.07) is 2.81. The van der Waals surface area contributed by atoms with Crippen LogP contribution in [0.15, 0.2) is 40.7 Å². The summed E-state index contributed by atoms with van der Waals surface area (Å²) in [7, 11) is -4.17. The van der Waals surface area contributed by atoms with Gasteiger partial charge in [-0.2, -0.15) is 4.31 Å². The van der Waals surface area contributed by atoms with E-state index in [0.717, 1.165) is 28.6 Å². The molecule has 2 atom stereocenters. The first-order chi connectivity index (χ1) is 13.3. The number of carbonyl (C=O) groups excluding carboxylic acids is 2. The number of thiazole rings is 1. The second-order valence-corrected chi connectivity index (χ2v) is 8.71. The summed E-state index contributed by atoms with van der Waals surface area (Å²) in [6.45, 7) is -0.944. The van der Waals surface area contributed by atoms with E-state index in [1.54, 1.807) is 5.38 Å². The van der Waals surface area contributed by atoms with E-state index >= 15 is 0 Å². The number of β-amino-alcohol motifs (C(OH)–C–C–N with tert-alkyl or cyclic N) is 1. The maximum atomic E-state index is 13.1. The van der Waals surface area contributed by atoms with Crippen LogP contribution < -0.4 is 5.32 Å². The van der Waals surface area contributed by atoms with Crippen molar-refractivity contribution in [1.29, 1.82) is 0 Å². The molecule has 1 aromatic carbocycles. The third kappa shape index (κ3) is 4.52. The zero-order valence-corrected chi connectivity index (χ0v) is 16.0. The predicted octanol–water partition coefficient (Wildman–Crippen LogP) is 0.588. The van der Waals surface area contributed by atoms with Crippen LogP contribution in [0.1, 0.15) is 6.42 Å². The van der Waals surface area contributed by atoms with E-state index in [1.807, 2.05) is 0 Å². The van der Waals surface area contributed by atoms with Crippen LogP contribution in [0.3, 0.4) is 0 Å². The van der Waals surface area contributed by atoms with Gasteiger partial charge in [0.15, 0.2) is 11.7 Å². The van der Waals surface area contributed by atoms with Gasteiger partial charge in [0.2, 0.25) is 10.0 Å². The van der Waals surface area contributed by atoms with Gasteiger partial charge < -0.3 is 9.84 Å². The topological polar surface area (TPSA) is 126 Å². The molecule has 1 fully saturated rings.